The number of aromatic carboxylic acids is 2. The van der Waals surface area contributed by atoms with Gasteiger partial charge in [0.1, 0.15) is 0 Å². The predicted molar refractivity (Wildman–Crippen MR) is 260 cm³/mol. The van der Waals surface area contributed by atoms with Crippen LogP contribution in [0.5, 0.6) is 0 Å². The monoisotopic (exact) mass is 879 g/mol. The van der Waals surface area contributed by atoms with Crippen molar-refractivity contribution in [2.75, 3.05) is 52.4 Å². The fourth-order valence-electron chi connectivity index (χ4n) is 7.14. The molecule has 0 aliphatic rings. The Morgan fingerprint density at radius 1 is 0.467 bits per heavy atom. The third-order valence-corrected chi connectivity index (χ3v) is 10.9. The molecule has 0 aliphatic heterocycles. The first-order valence-electron chi connectivity index (χ1n) is 23.6. The highest BCUT2D eigenvalue weighted by molar-refractivity contribution is 5.87. The van der Waals surface area contributed by atoms with Crippen LogP contribution in [-0.2, 0) is 0 Å². The van der Waals surface area contributed by atoms with Gasteiger partial charge in [0, 0.05) is 0 Å². The van der Waals surface area contributed by atoms with Crippen molar-refractivity contribution < 1.29 is 41.2 Å². The molecule has 0 atom stereocenters. The molecule has 60 heavy (non-hydrogen) atoms. The van der Waals surface area contributed by atoms with Gasteiger partial charge in [0.05, 0.1) is 63.9 Å². The lowest BCUT2D eigenvalue weighted by Gasteiger charge is -2.39. The minimum absolute atomic E-state index is 0. The van der Waals surface area contributed by atoms with Crippen molar-refractivity contribution in [2.24, 2.45) is 0 Å². The second-order valence-corrected chi connectivity index (χ2v) is 16.1. The smallest absolute Gasteiger partial charge is 0.335 e. The molecule has 0 aromatic heterocycles. The van der Waals surface area contributed by atoms with Gasteiger partial charge >= 0.3 is 5.97 Å². The number of allylic oxidation sites excluding steroid dienone is 2. The second kappa shape index (κ2) is 43.0. The van der Waals surface area contributed by atoms with E-state index in [2.05, 4.69) is 55.4 Å². The highest BCUT2D eigenvalue weighted by Crippen LogP contribution is 2.18. The van der Waals surface area contributed by atoms with Gasteiger partial charge in [-0.1, -0.05) is 167 Å². The number of hydrogen-bond acceptors (Lipinski definition) is 3. The van der Waals surface area contributed by atoms with Crippen molar-refractivity contribution >= 4 is 36.5 Å². The SMILES string of the molecule is C/C=C/c1ccc(C(=O)O)cc1.C/C=C/c1ccc(C(=O)[O-])cc1.CCCC[N+](CCCC)(CCCC)CCCC.CCCC[N+](CCCC)(CCCC)CCCC.Cl.[Cl-]. The molecule has 0 spiro atoms. The number of carboxylic acid groups (broad SMARTS) is 2. The van der Waals surface area contributed by atoms with E-state index in [1.54, 1.807) is 36.4 Å². The number of unbranched alkanes of at least 4 members (excludes halogenated alkanes) is 8. The predicted octanol–water partition coefficient (Wildman–Crippen LogP) is 10.9. The summed E-state index contributed by atoms with van der Waals surface area (Å²) in [4.78, 5) is 20.8. The number of halogens is 2. The molecule has 0 fully saturated rings. The second-order valence-electron chi connectivity index (χ2n) is 16.1. The molecule has 2 aromatic rings. The van der Waals surface area contributed by atoms with Gasteiger partial charge in [0.15, 0.2) is 0 Å². The normalized spacial score (nSPS) is 11.0. The van der Waals surface area contributed by atoms with E-state index in [9.17, 15) is 14.7 Å². The number of carbonyl (C=O) groups excluding carboxylic acids is 1. The summed E-state index contributed by atoms with van der Waals surface area (Å²) in [5, 5.41) is 18.9. The number of nitrogens with zero attached hydrogens (tertiary/aromatic N) is 2. The topological polar surface area (TPSA) is 77.4 Å². The Bertz CT molecular complexity index is 1140. The molecule has 8 heteroatoms. The van der Waals surface area contributed by atoms with Crippen LogP contribution < -0.4 is 17.5 Å². The third kappa shape index (κ3) is 32.1. The molecule has 0 amide bonds. The minimum atomic E-state index is -1.14. The average molecular weight is 880 g/mol. The molecule has 0 radical (unpaired) electrons. The van der Waals surface area contributed by atoms with Crippen LogP contribution in [0.3, 0.4) is 0 Å². The molecule has 0 unspecified atom stereocenters. The van der Waals surface area contributed by atoms with Crippen molar-refractivity contribution in [2.45, 2.75) is 172 Å². The minimum Gasteiger partial charge on any atom is -1.00 e. The van der Waals surface area contributed by atoms with E-state index < -0.39 is 11.9 Å². The lowest BCUT2D eigenvalue weighted by Crippen LogP contribution is -3.00. The first-order valence-corrected chi connectivity index (χ1v) is 23.6. The highest BCUT2D eigenvalue weighted by Gasteiger charge is 2.25. The van der Waals surface area contributed by atoms with Crippen LogP contribution in [-0.4, -0.2) is 78.4 Å². The molecule has 0 saturated heterocycles. The van der Waals surface area contributed by atoms with Crippen molar-refractivity contribution in [3.8, 4) is 0 Å². The van der Waals surface area contributed by atoms with Crippen molar-refractivity contribution in [1.29, 1.82) is 0 Å². The summed E-state index contributed by atoms with van der Waals surface area (Å²) in [5.74, 6) is -2.02. The van der Waals surface area contributed by atoms with E-state index in [4.69, 9.17) is 5.11 Å². The summed E-state index contributed by atoms with van der Waals surface area (Å²) in [6.45, 7) is 33.9. The van der Waals surface area contributed by atoms with Crippen molar-refractivity contribution in [3.63, 3.8) is 0 Å². The molecular weight excluding hydrogens is 787 g/mol. The fourth-order valence-corrected chi connectivity index (χ4v) is 7.14. The van der Waals surface area contributed by atoms with Crippen molar-refractivity contribution in [3.05, 3.63) is 82.9 Å². The lowest BCUT2D eigenvalue weighted by molar-refractivity contribution is -0.929. The Morgan fingerprint density at radius 3 is 0.850 bits per heavy atom. The van der Waals surface area contributed by atoms with Crippen LogP contribution in [0.25, 0.3) is 12.2 Å². The first-order chi connectivity index (χ1) is 28.0. The number of quaternary nitrogens is 2. The maximum Gasteiger partial charge on any atom is 0.335 e. The Labute approximate surface area is 383 Å². The standard InChI is InChI=1S/2C16H36N.2C10H10O2.2ClH/c2*1-5-9-13-17(14-10-6-2,15-11-7-3)16-12-8-4;2*1-2-3-8-4-6-9(7-5-8)10(11)12;;/h2*5-16H2,1-4H3;2*2-7H,1H3,(H,11,12);2*1H/q2*+1;;;;/p-2/b;;2*3-2+;;. The Kier molecular flexibility index (Phi) is 45.9. The molecule has 2 aromatic carbocycles. The van der Waals surface area contributed by atoms with E-state index in [-0.39, 0.29) is 30.4 Å². The molecule has 0 saturated carbocycles. The van der Waals surface area contributed by atoms with Crippen molar-refractivity contribution in [1.82, 2.24) is 0 Å². The summed E-state index contributed by atoms with van der Waals surface area (Å²) in [7, 11) is 0. The van der Waals surface area contributed by atoms with E-state index in [0.717, 1.165) is 11.1 Å². The first kappa shape index (κ1) is 64.0. The summed E-state index contributed by atoms with van der Waals surface area (Å²) >= 11 is 0. The summed E-state index contributed by atoms with van der Waals surface area (Å²) in [6.07, 6.45) is 29.8. The maximum absolute atomic E-state index is 10.5. The van der Waals surface area contributed by atoms with E-state index >= 15 is 0 Å². The van der Waals surface area contributed by atoms with E-state index in [0.29, 0.717) is 5.56 Å². The van der Waals surface area contributed by atoms with Crippen LogP contribution in [0.4, 0.5) is 0 Å². The van der Waals surface area contributed by atoms with E-state index in [1.165, 1.54) is 176 Å². The fraction of sp³-hybridized carbons (Fsp3) is 0.654. The van der Waals surface area contributed by atoms with Crippen LogP contribution in [0.15, 0.2) is 60.7 Å². The maximum atomic E-state index is 10.5. The van der Waals surface area contributed by atoms with Gasteiger partial charge in [-0.15, -0.1) is 12.4 Å². The zero-order chi connectivity index (χ0) is 43.9. The largest absolute Gasteiger partial charge is 1.00 e. The summed E-state index contributed by atoms with van der Waals surface area (Å²) in [6, 6.07) is 13.3. The number of benzene rings is 2. The summed E-state index contributed by atoms with van der Waals surface area (Å²) in [5.41, 5.74) is 2.54. The molecule has 6 nitrogen and oxygen atoms in total. The molecule has 0 aliphatic carbocycles. The Balaban J connectivity index is -0.000000348. The zero-order valence-corrected chi connectivity index (χ0v) is 41.8. The van der Waals surface area contributed by atoms with Gasteiger partial charge in [-0.25, -0.2) is 4.79 Å². The van der Waals surface area contributed by atoms with Crippen LogP contribution in [0.2, 0.25) is 0 Å². The molecule has 0 bridgehead atoms. The Morgan fingerprint density at radius 2 is 0.683 bits per heavy atom. The number of rotatable bonds is 28. The van der Waals surface area contributed by atoms with Gasteiger partial charge in [-0.3, -0.25) is 0 Å². The van der Waals surface area contributed by atoms with Gasteiger partial charge in [0.2, 0.25) is 0 Å². The lowest BCUT2D eigenvalue weighted by atomic mass is 10.1. The van der Waals surface area contributed by atoms with Gasteiger partial charge in [-0.2, -0.15) is 0 Å². The highest BCUT2D eigenvalue weighted by atomic mass is 35.5. The van der Waals surface area contributed by atoms with Gasteiger partial charge < -0.3 is 36.4 Å². The van der Waals surface area contributed by atoms with Crippen LogP contribution >= 0.6 is 12.4 Å². The Hall–Kier alpha value is -2.64. The quantitative estimate of drug-likeness (QED) is 0.0864. The molecule has 1 N–H and O–H groups in total. The van der Waals surface area contributed by atoms with E-state index in [1.807, 2.05) is 38.2 Å². The molecule has 0 heterocycles. The number of carbonyl (C=O) groups is 2. The van der Waals surface area contributed by atoms with Gasteiger partial charge in [0.25, 0.3) is 0 Å². The summed E-state index contributed by atoms with van der Waals surface area (Å²) < 4.78 is 2.84. The molecule has 2 rings (SSSR count). The number of hydrogen-bond donors (Lipinski definition) is 1. The number of carboxylic acids is 2. The zero-order valence-electron chi connectivity index (χ0n) is 40.3. The van der Waals surface area contributed by atoms with Gasteiger partial charge in [-0.05, 0) is 94.0 Å². The molecular formula is C52H92Cl2N2O4. The third-order valence-electron chi connectivity index (χ3n) is 10.9. The molecule has 348 valence electrons. The average Bonchev–Trinajstić information content (AvgIpc) is 3.24. The van der Waals surface area contributed by atoms with Crippen LogP contribution in [0, 0.1) is 0 Å². The van der Waals surface area contributed by atoms with Crippen LogP contribution in [0.1, 0.15) is 204 Å².